The van der Waals surface area contributed by atoms with Gasteiger partial charge < -0.3 is 18.1 Å². The Morgan fingerprint density at radius 1 is 0.333 bits per heavy atom. The minimum Gasteiger partial charge on any atom is -0.736 e. The lowest BCUT2D eigenvalue weighted by Gasteiger charge is -2.39. The minimum absolute atomic E-state index is 1.35. The highest BCUT2D eigenvalue weighted by molar-refractivity contribution is 8.62. The lowest BCUT2D eigenvalue weighted by molar-refractivity contribution is -0.929. The topological polar surface area (TPSA) is 114 Å². The van der Waals surface area contributed by atoms with Gasteiger partial charge in [-0.1, -0.05) is 107 Å². The van der Waals surface area contributed by atoms with Crippen molar-refractivity contribution in [2.24, 2.45) is 0 Å². The van der Waals surface area contributed by atoms with Crippen molar-refractivity contribution in [1.82, 2.24) is 0 Å². The maximum Gasteiger partial charge on any atom is 0.191 e. The Labute approximate surface area is 263 Å². The number of hydrogen-bond donors (Lipinski definition) is 0. The number of rotatable bonds is 25. The quantitative estimate of drug-likeness (QED) is 0.0565. The fourth-order valence-electron chi connectivity index (χ4n) is 5.29. The summed E-state index contributed by atoms with van der Waals surface area (Å²) >= 11 is 0. The van der Waals surface area contributed by atoms with Crippen LogP contribution in [-0.4, -0.2) is 87.3 Å². The van der Waals surface area contributed by atoms with Gasteiger partial charge in [0.2, 0.25) is 0 Å². The molecule has 8 nitrogen and oxygen atoms in total. The zero-order chi connectivity index (χ0) is 33.0. The Balaban J connectivity index is -0.000000579. The van der Waals surface area contributed by atoms with E-state index >= 15 is 0 Å². The summed E-state index contributed by atoms with van der Waals surface area (Å²) in [6, 6.07) is 0. The average molecular weight is 645 g/mol. The van der Waals surface area contributed by atoms with Crippen molar-refractivity contribution in [1.29, 1.82) is 0 Å². The third-order valence-electron chi connectivity index (χ3n) is 8.14. The number of nitrogens with zero attached hydrogens (tertiary/aromatic N) is 2. The molecule has 0 rings (SSSR count). The van der Waals surface area contributed by atoms with Gasteiger partial charge in [0.15, 0.2) is 18.3 Å². The van der Waals surface area contributed by atoms with Gasteiger partial charge in [-0.25, -0.2) is 16.8 Å². The van der Waals surface area contributed by atoms with Gasteiger partial charge in [0.1, 0.15) is 0 Å². The van der Waals surface area contributed by atoms with Crippen LogP contribution in [0.25, 0.3) is 0 Å². The minimum atomic E-state index is -5.67. The molecule has 258 valence electrons. The molecule has 0 radical (unpaired) electrons. The van der Waals surface area contributed by atoms with Gasteiger partial charge in [-0.3, -0.25) is 0 Å². The fourth-order valence-corrected chi connectivity index (χ4v) is 5.29. The summed E-state index contributed by atoms with van der Waals surface area (Å²) in [5.41, 5.74) is 0. The average Bonchev–Trinajstić information content (AvgIpc) is 2.95. The summed E-state index contributed by atoms with van der Waals surface area (Å²) < 4.78 is 58.0. The summed E-state index contributed by atoms with van der Waals surface area (Å²) in [4.78, 5) is 0. The molecule has 0 aliphatic rings. The van der Waals surface area contributed by atoms with Crippen molar-refractivity contribution >= 4 is 18.3 Å². The molecule has 0 saturated carbocycles. The molecule has 0 saturated heterocycles. The number of unbranched alkanes of at least 4 members (excludes halogenated alkanes) is 8. The Morgan fingerprint density at radius 2 is 0.452 bits per heavy atom. The molecule has 0 bridgehead atoms. The molecular formula is C32H72N2O6S2. The molecule has 0 aromatic heterocycles. The first kappa shape index (κ1) is 46.2. The van der Waals surface area contributed by atoms with Crippen molar-refractivity contribution in [3.8, 4) is 0 Å². The van der Waals surface area contributed by atoms with Gasteiger partial charge in [-0.05, 0) is 51.4 Å². The largest absolute Gasteiger partial charge is 0.736 e. The Hall–Kier alpha value is -0.260. The van der Waals surface area contributed by atoms with E-state index in [4.69, 9.17) is 0 Å². The molecule has 0 aliphatic heterocycles. The van der Waals surface area contributed by atoms with Crippen LogP contribution in [0.1, 0.15) is 158 Å². The van der Waals surface area contributed by atoms with Crippen LogP contribution < -0.4 is 0 Å². The normalized spacial score (nSPS) is 12.3. The SMILES string of the molecule is CCCC[N+](CCCC)(CCCC)CCCC.CCCC[N+](CCCC)(CCCC)CCCC.O=S(=O)([O-])S(=O)(=O)[O-]. The van der Waals surface area contributed by atoms with Gasteiger partial charge in [0.05, 0.1) is 52.4 Å². The van der Waals surface area contributed by atoms with Crippen LogP contribution in [0.15, 0.2) is 0 Å². The molecule has 0 fully saturated rings. The van der Waals surface area contributed by atoms with Crippen LogP contribution in [-0.2, 0) is 18.3 Å². The molecule has 0 atom stereocenters. The summed E-state index contributed by atoms with van der Waals surface area (Å²) in [7, 11) is -11.3. The first-order chi connectivity index (χ1) is 19.7. The van der Waals surface area contributed by atoms with Crippen molar-refractivity contribution in [3.63, 3.8) is 0 Å². The molecule has 0 aromatic carbocycles. The molecule has 0 aliphatic carbocycles. The van der Waals surface area contributed by atoms with Gasteiger partial charge in [-0.2, -0.15) is 0 Å². The van der Waals surface area contributed by atoms with Gasteiger partial charge >= 0.3 is 0 Å². The van der Waals surface area contributed by atoms with Crippen molar-refractivity contribution in [2.45, 2.75) is 158 Å². The van der Waals surface area contributed by atoms with Crippen LogP contribution in [0.2, 0.25) is 0 Å². The van der Waals surface area contributed by atoms with E-state index in [2.05, 4.69) is 55.4 Å². The fraction of sp³-hybridized carbons (Fsp3) is 1.00. The maximum atomic E-state index is 9.20. The first-order valence-corrected chi connectivity index (χ1v) is 20.7. The molecule has 10 heteroatoms. The van der Waals surface area contributed by atoms with E-state index in [1.807, 2.05) is 0 Å². The highest BCUT2D eigenvalue weighted by Crippen LogP contribution is 2.17. The van der Waals surface area contributed by atoms with E-state index in [1.165, 1.54) is 164 Å². The Morgan fingerprint density at radius 3 is 0.524 bits per heavy atom. The Kier molecular flexibility index (Phi) is 31.0. The summed E-state index contributed by atoms with van der Waals surface area (Å²) in [6.45, 7) is 30.0. The summed E-state index contributed by atoms with van der Waals surface area (Å²) in [6.07, 6.45) is 22.1. The van der Waals surface area contributed by atoms with Crippen LogP contribution >= 0.6 is 0 Å². The molecule has 42 heavy (non-hydrogen) atoms. The number of hydrogen-bond acceptors (Lipinski definition) is 6. The highest BCUT2D eigenvalue weighted by Gasteiger charge is 2.25. The van der Waals surface area contributed by atoms with E-state index in [1.54, 1.807) is 0 Å². The van der Waals surface area contributed by atoms with Crippen LogP contribution in [0.4, 0.5) is 0 Å². The third kappa shape index (κ3) is 25.1. The second kappa shape index (κ2) is 28.2. The smallest absolute Gasteiger partial charge is 0.191 e. The molecule has 0 amide bonds. The third-order valence-corrected chi connectivity index (χ3v) is 10.1. The standard InChI is InChI=1S/2C16H36N.H2O6S2/c2*1-5-9-13-17(14-10-6-2,15-11-7-3)16-12-8-4;1-7(2,3)8(4,5)6/h2*5-16H2,1-4H3;(H,1,2,3)(H,4,5,6)/q2*+1;/p-2. The van der Waals surface area contributed by atoms with E-state index in [0.29, 0.717) is 0 Å². The van der Waals surface area contributed by atoms with E-state index in [0.717, 1.165) is 0 Å². The lowest BCUT2D eigenvalue weighted by Crippen LogP contribution is -2.50. The maximum absolute atomic E-state index is 9.20. The van der Waals surface area contributed by atoms with Gasteiger partial charge in [-0.15, -0.1) is 0 Å². The second-order valence-electron chi connectivity index (χ2n) is 12.1. The van der Waals surface area contributed by atoms with Crippen molar-refractivity contribution < 1.29 is 34.9 Å². The summed E-state index contributed by atoms with van der Waals surface area (Å²) in [5, 5.41) is 0. The van der Waals surface area contributed by atoms with Crippen LogP contribution in [0, 0.1) is 0 Å². The predicted octanol–water partition coefficient (Wildman–Crippen LogP) is 8.00. The highest BCUT2D eigenvalue weighted by atomic mass is 33.2. The van der Waals surface area contributed by atoms with E-state index in [-0.39, 0.29) is 0 Å². The van der Waals surface area contributed by atoms with Crippen LogP contribution in [0.3, 0.4) is 0 Å². The molecule has 0 unspecified atom stereocenters. The molecular weight excluding hydrogens is 572 g/mol. The van der Waals surface area contributed by atoms with Crippen LogP contribution in [0.5, 0.6) is 0 Å². The predicted molar refractivity (Wildman–Crippen MR) is 178 cm³/mol. The molecule has 0 heterocycles. The molecule has 0 spiro atoms. The zero-order valence-corrected chi connectivity index (χ0v) is 30.8. The Bertz CT molecular complexity index is 648. The van der Waals surface area contributed by atoms with Crippen molar-refractivity contribution in [3.05, 3.63) is 0 Å². The first-order valence-electron chi connectivity index (χ1n) is 17.4. The monoisotopic (exact) mass is 644 g/mol. The van der Waals surface area contributed by atoms with E-state index < -0.39 is 18.3 Å². The van der Waals surface area contributed by atoms with E-state index in [9.17, 15) is 25.9 Å². The second-order valence-corrected chi connectivity index (χ2v) is 16.2. The van der Waals surface area contributed by atoms with Crippen molar-refractivity contribution in [2.75, 3.05) is 52.4 Å². The summed E-state index contributed by atoms with van der Waals surface area (Å²) in [5.74, 6) is 0. The lowest BCUT2D eigenvalue weighted by atomic mass is 10.1. The van der Waals surface area contributed by atoms with Gasteiger partial charge in [0, 0.05) is 0 Å². The molecule has 0 aromatic rings. The zero-order valence-electron chi connectivity index (χ0n) is 29.1. The number of quaternary nitrogens is 2. The molecule has 0 N–H and O–H groups in total. The van der Waals surface area contributed by atoms with Gasteiger partial charge in [0.25, 0.3) is 0 Å².